The molecule has 1 aromatic carbocycles. The third kappa shape index (κ3) is 6.14. The molecule has 0 bridgehead atoms. The number of quaternary nitrogens is 1. The van der Waals surface area contributed by atoms with E-state index in [1.54, 1.807) is 6.07 Å². The lowest BCUT2D eigenvalue weighted by molar-refractivity contribution is -0.787. The van der Waals surface area contributed by atoms with Crippen molar-refractivity contribution in [1.82, 2.24) is 10.7 Å². The summed E-state index contributed by atoms with van der Waals surface area (Å²) in [5.74, 6) is -1.62. The number of nitrogens with two attached hydrogens (primary N) is 1. The third-order valence-corrected chi connectivity index (χ3v) is 4.33. The number of non-ortho nitro benzene ring substituents is 1. The van der Waals surface area contributed by atoms with Crippen LogP contribution in [0.2, 0.25) is 0 Å². The van der Waals surface area contributed by atoms with Crippen LogP contribution in [0.3, 0.4) is 0 Å². The molecular weight excluding hydrogens is 350 g/mol. The molecule has 1 saturated heterocycles. The molecule has 146 valence electrons. The predicted molar refractivity (Wildman–Crippen MR) is 100 cm³/mol. The second-order valence-corrected chi connectivity index (χ2v) is 8.25. The van der Waals surface area contributed by atoms with E-state index in [4.69, 9.17) is 0 Å². The molecular formula is C18H26N5O4+. The summed E-state index contributed by atoms with van der Waals surface area (Å²) in [6, 6.07) is 5.69. The first-order chi connectivity index (χ1) is 12.5. The minimum Gasteiger partial charge on any atom is -0.345 e. The van der Waals surface area contributed by atoms with Crippen molar-refractivity contribution in [2.75, 3.05) is 0 Å². The summed E-state index contributed by atoms with van der Waals surface area (Å²) >= 11 is 0. The molecule has 1 aliphatic rings. The van der Waals surface area contributed by atoms with Crippen LogP contribution in [-0.4, -0.2) is 40.1 Å². The SMILES string of the molecule is CC1(C)CC(NC(=O)C(=O)NN=Cc2cccc([N+](=O)[O-])c2)CC(C)(C)[NH2+]1. The fraction of sp³-hybridized carbons (Fsp3) is 0.500. The highest BCUT2D eigenvalue weighted by atomic mass is 16.6. The van der Waals surface area contributed by atoms with Gasteiger partial charge < -0.3 is 10.6 Å². The fourth-order valence-electron chi connectivity index (χ4n) is 3.81. The van der Waals surface area contributed by atoms with Gasteiger partial charge >= 0.3 is 11.8 Å². The maximum atomic E-state index is 12.1. The Balaban J connectivity index is 1.91. The topological polar surface area (TPSA) is 130 Å². The molecule has 0 spiro atoms. The molecule has 0 saturated carbocycles. The van der Waals surface area contributed by atoms with Gasteiger partial charge in [0, 0.05) is 36.6 Å². The molecule has 0 aliphatic carbocycles. The molecule has 9 heteroatoms. The zero-order valence-corrected chi connectivity index (χ0v) is 16.0. The van der Waals surface area contributed by atoms with Crippen LogP contribution in [-0.2, 0) is 9.59 Å². The van der Waals surface area contributed by atoms with E-state index in [2.05, 4.69) is 48.9 Å². The zero-order chi connectivity index (χ0) is 20.2. The number of benzene rings is 1. The molecule has 4 N–H and O–H groups in total. The van der Waals surface area contributed by atoms with E-state index in [-0.39, 0.29) is 22.8 Å². The highest BCUT2D eigenvalue weighted by molar-refractivity contribution is 6.35. The molecule has 0 unspecified atom stereocenters. The number of carbonyl (C=O) groups excluding carboxylic acids is 2. The van der Waals surface area contributed by atoms with Crippen molar-refractivity contribution >= 4 is 23.7 Å². The van der Waals surface area contributed by atoms with Gasteiger partial charge in [0.1, 0.15) is 0 Å². The number of carbonyl (C=O) groups is 2. The number of nitrogens with zero attached hydrogens (tertiary/aromatic N) is 2. The molecule has 1 fully saturated rings. The third-order valence-electron chi connectivity index (χ3n) is 4.33. The van der Waals surface area contributed by atoms with E-state index in [0.29, 0.717) is 5.56 Å². The monoisotopic (exact) mass is 376 g/mol. The molecule has 1 heterocycles. The summed E-state index contributed by atoms with van der Waals surface area (Å²) in [4.78, 5) is 34.3. The van der Waals surface area contributed by atoms with Gasteiger partial charge in [0.05, 0.1) is 22.2 Å². The number of nitro groups is 1. The van der Waals surface area contributed by atoms with Gasteiger partial charge in [0.25, 0.3) is 5.69 Å². The van der Waals surface area contributed by atoms with Gasteiger partial charge in [-0.25, -0.2) is 5.43 Å². The number of nitrogens with one attached hydrogen (secondary N) is 2. The van der Waals surface area contributed by atoms with E-state index in [1.165, 1.54) is 24.4 Å². The van der Waals surface area contributed by atoms with Crippen LogP contribution in [0.4, 0.5) is 5.69 Å². The molecule has 0 aromatic heterocycles. The maximum Gasteiger partial charge on any atom is 0.329 e. The minimum absolute atomic E-state index is 0.0314. The standard InChI is InChI=1S/C18H25N5O4/c1-17(2)9-13(10-18(3,4)22-17)20-15(24)16(25)21-19-11-12-6-5-7-14(8-12)23(26)27/h5-8,11,13,22H,9-10H2,1-4H3,(H,20,24)(H,21,25)/p+1. The van der Waals surface area contributed by atoms with Gasteiger partial charge in [-0.15, -0.1) is 0 Å². The smallest absolute Gasteiger partial charge is 0.329 e. The van der Waals surface area contributed by atoms with E-state index in [1.807, 2.05) is 0 Å². The van der Waals surface area contributed by atoms with Gasteiger partial charge in [-0.2, -0.15) is 5.10 Å². The number of piperidine rings is 1. The quantitative estimate of drug-likeness (QED) is 0.305. The normalized spacial score (nSPS) is 18.8. The summed E-state index contributed by atoms with van der Waals surface area (Å²) in [7, 11) is 0. The summed E-state index contributed by atoms with van der Waals surface area (Å²) in [5.41, 5.74) is 2.45. The van der Waals surface area contributed by atoms with E-state index in [0.717, 1.165) is 12.8 Å². The number of hydrogen-bond acceptors (Lipinski definition) is 5. The first kappa shape index (κ1) is 20.5. The van der Waals surface area contributed by atoms with Crippen molar-refractivity contribution < 1.29 is 19.8 Å². The number of nitro benzene ring substituents is 1. The lowest BCUT2D eigenvalue weighted by atomic mass is 9.79. The molecule has 2 rings (SSSR count). The maximum absolute atomic E-state index is 12.1. The number of hydrazone groups is 1. The van der Waals surface area contributed by atoms with E-state index >= 15 is 0 Å². The van der Waals surface area contributed by atoms with Crippen molar-refractivity contribution in [2.45, 2.75) is 57.7 Å². The lowest BCUT2D eigenvalue weighted by Crippen LogP contribution is -3.06. The zero-order valence-electron chi connectivity index (χ0n) is 16.0. The van der Waals surface area contributed by atoms with Crippen molar-refractivity contribution in [3.05, 3.63) is 39.9 Å². The Morgan fingerprint density at radius 1 is 1.22 bits per heavy atom. The number of hydrogen-bond donors (Lipinski definition) is 3. The highest BCUT2D eigenvalue weighted by Crippen LogP contribution is 2.21. The van der Waals surface area contributed by atoms with Crippen molar-refractivity contribution in [3.8, 4) is 0 Å². The van der Waals surface area contributed by atoms with Crippen LogP contribution in [0.5, 0.6) is 0 Å². The molecule has 0 radical (unpaired) electrons. The molecule has 27 heavy (non-hydrogen) atoms. The van der Waals surface area contributed by atoms with E-state index < -0.39 is 16.7 Å². The molecule has 9 nitrogen and oxygen atoms in total. The van der Waals surface area contributed by atoms with Crippen molar-refractivity contribution in [3.63, 3.8) is 0 Å². The lowest BCUT2D eigenvalue weighted by Gasteiger charge is -2.43. The summed E-state index contributed by atoms with van der Waals surface area (Å²) in [5, 5.41) is 19.5. The van der Waals surface area contributed by atoms with Crippen LogP contribution in [0.1, 0.15) is 46.1 Å². The van der Waals surface area contributed by atoms with Gasteiger partial charge in [0.15, 0.2) is 0 Å². The van der Waals surface area contributed by atoms with Gasteiger partial charge in [-0.1, -0.05) is 12.1 Å². The van der Waals surface area contributed by atoms with E-state index in [9.17, 15) is 19.7 Å². The Labute approximate surface area is 157 Å². The van der Waals surface area contributed by atoms with Gasteiger partial charge in [-0.05, 0) is 27.7 Å². The second-order valence-electron chi connectivity index (χ2n) is 8.25. The summed E-state index contributed by atoms with van der Waals surface area (Å²) < 4.78 is 0. The highest BCUT2D eigenvalue weighted by Gasteiger charge is 2.42. The second kappa shape index (κ2) is 7.83. The van der Waals surface area contributed by atoms with Gasteiger partial charge in [0.2, 0.25) is 0 Å². The van der Waals surface area contributed by atoms with Crippen molar-refractivity contribution in [2.24, 2.45) is 5.10 Å². The Kier molecular flexibility index (Phi) is 5.94. The Bertz CT molecular complexity index is 757. The molecule has 1 aromatic rings. The van der Waals surface area contributed by atoms with Crippen molar-refractivity contribution in [1.29, 1.82) is 0 Å². The fourth-order valence-corrected chi connectivity index (χ4v) is 3.81. The molecule has 2 amide bonds. The van der Waals surface area contributed by atoms with Crippen LogP contribution in [0.15, 0.2) is 29.4 Å². The largest absolute Gasteiger partial charge is 0.345 e. The average molecular weight is 376 g/mol. The Hall–Kier alpha value is -2.81. The Morgan fingerprint density at radius 2 is 1.85 bits per heavy atom. The predicted octanol–water partition coefficient (Wildman–Crippen LogP) is 0.444. The number of rotatable bonds is 4. The summed E-state index contributed by atoms with van der Waals surface area (Å²) in [6.45, 7) is 8.43. The minimum atomic E-state index is -0.873. The molecule has 1 aliphatic heterocycles. The van der Waals surface area contributed by atoms with Crippen LogP contribution in [0, 0.1) is 10.1 Å². The van der Waals surface area contributed by atoms with Crippen LogP contribution in [0.25, 0.3) is 0 Å². The van der Waals surface area contributed by atoms with Gasteiger partial charge in [-0.3, -0.25) is 19.7 Å². The first-order valence-corrected chi connectivity index (χ1v) is 8.73. The van der Waals surface area contributed by atoms with Crippen LogP contribution >= 0.6 is 0 Å². The number of amides is 2. The average Bonchev–Trinajstić information content (AvgIpc) is 2.51. The van der Waals surface area contributed by atoms with Crippen LogP contribution < -0.4 is 16.1 Å². The Morgan fingerprint density at radius 3 is 2.44 bits per heavy atom. The molecule has 0 atom stereocenters. The summed E-state index contributed by atoms with van der Waals surface area (Å²) in [6.07, 6.45) is 2.76. The first-order valence-electron chi connectivity index (χ1n) is 8.73.